The average molecular weight is 437 g/mol. The number of pyridine rings is 1. The van der Waals surface area contributed by atoms with Gasteiger partial charge in [0.15, 0.2) is 4.77 Å². The van der Waals surface area contributed by atoms with Crippen LogP contribution in [0.3, 0.4) is 0 Å². The van der Waals surface area contributed by atoms with E-state index in [4.69, 9.17) is 17.0 Å². The third-order valence-corrected chi connectivity index (χ3v) is 5.14. The van der Waals surface area contributed by atoms with Crippen molar-refractivity contribution in [2.24, 2.45) is 0 Å². The number of aromatic amines is 1. The van der Waals surface area contributed by atoms with Gasteiger partial charge in [-0.05, 0) is 29.3 Å². The average Bonchev–Trinajstić information content (AvgIpc) is 2.65. The van der Waals surface area contributed by atoms with E-state index in [0.29, 0.717) is 5.56 Å². The van der Waals surface area contributed by atoms with Gasteiger partial charge in [0, 0.05) is 12.7 Å². The molecule has 5 nitrogen and oxygen atoms in total. The van der Waals surface area contributed by atoms with E-state index in [9.17, 15) is 18.0 Å². The molecule has 9 heteroatoms. The summed E-state index contributed by atoms with van der Waals surface area (Å²) in [6.45, 7) is 6.50. The highest BCUT2D eigenvalue weighted by Gasteiger charge is 2.35. The number of aromatic nitrogens is 3. The first-order valence-electron chi connectivity index (χ1n) is 9.28. The van der Waals surface area contributed by atoms with Gasteiger partial charge in [0.25, 0.3) is 5.56 Å². The number of fused-ring (bicyclic) bond motifs is 1. The summed E-state index contributed by atoms with van der Waals surface area (Å²) in [5.41, 5.74) is -0.516. The molecule has 0 aliphatic rings. The van der Waals surface area contributed by atoms with Gasteiger partial charge in [0.2, 0.25) is 0 Å². The Balaban J connectivity index is 2.34. The highest BCUT2D eigenvalue weighted by Crippen LogP contribution is 2.36. The Morgan fingerprint density at radius 3 is 2.33 bits per heavy atom. The van der Waals surface area contributed by atoms with E-state index in [1.165, 1.54) is 11.7 Å². The molecule has 0 radical (unpaired) electrons. The van der Waals surface area contributed by atoms with Gasteiger partial charge in [-0.3, -0.25) is 9.78 Å². The molecule has 3 aromatic rings. The van der Waals surface area contributed by atoms with Gasteiger partial charge >= 0.3 is 6.18 Å². The number of nitrogens with one attached hydrogen (secondary N) is 1. The maximum atomic E-state index is 13.9. The van der Waals surface area contributed by atoms with Crippen LogP contribution in [0.15, 0.2) is 35.1 Å². The van der Waals surface area contributed by atoms with Crippen LogP contribution in [0.25, 0.3) is 22.3 Å². The predicted molar refractivity (Wildman–Crippen MR) is 112 cm³/mol. The topological polar surface area (TPSA) is 59.9 Å². The fourth-order valence-electron chi connectivity index (χ4n) is 3.18. The summed E-state index contributed by atoms with van der Waals surface area (Å²) in [7, 11) is 1.47. The van der Waals surface area contributed by atoms with Crippen LogP contribution in [0.1, 0.15) is 31.9 Å². The number of methoxy groups -OCH3 is 1. The second-order valence-electron chi connectivity index (χ2n) is 7.98. The Kier molecular flexibility index (Phi) is 5.88. The molecule has 0 bridgehead atoms. The van der Waals surface area contributed by atoms with Gasteiger partial charge in [-0.25, -0.2) is 4.98 Å². The van der Waals surface area contributed by atoms with E-state index in [-0.39, 0.29) is 34.7 Å². The Labute approximate surface area is 176 Å². The van der Waals surface area contributed by atoms with E-state index < -0.39 is 22.7 Å². The summed E-state index contributed by atoms with van der Waals surface area (Å²) in [6.07, 6.45) is -4.74. The van der Waals surface area contributed by atoms with Crippen LogP contribution in [0.4, 0.5) is 13.2 Å². The molecular weight excluding hydrogens is 415 g/mol. The lowest BCUT2D eigenvalue weighted by Crippen LogP contribution is -2.21. The first-order chi connectivity index (χ1) is 13.9. The summed E-state index contributed by atoms with van der Waals surface area (Å²) in [4.78, 5) is 19.1. The van der Waals surface area contributed by atoms with E-state index in [1.807, 2.05) is 32.9 Å². The van der Waals surface area contributed by atoms with E-state index in [1.54, 1.807) is 12.1 Å². The molecule has 1 aromatic carbocycles. The van der Waals surface area contributed by atoms with Crippen LogP contribution in [0.2, 0.25) is 0 Å². The van der Waals surface area contributed by atoms with Gasteiger partial charge in [0.05, 0.1) is 29.8 Å². The lowest BCUT2D eigenvalue weighted by molar-refractivity contribution is -0.136. The highest BCUT2D eigenvalue weighted by molar-refractivity contribution is 7.71. The van der Waals surface area contributed by atoms with Crippen LogP contribution in [0, 0.1) is 4.77 Å². The number of halogens is 3. The zero-order chi connectivity index (χ0) is 22.3. The molecule has 0 saturated heterocycles. The van der Waals surface area contributed by atoms with Crippen molar-refractivity contribution in [3.05, 3.63) is 56.6 Å². The Morgan fingerprint density at radius 2 is 1.80 bits per heavy atom. The minimum Gasteiger partial charge on any atom is -0.383 e. The molecule has 0 aliphatic heterocycles. The summed E-state index contributed by atoms with van der Waals surface area (Å²) in [6, 6.07) is 8.10. The van der Waals surface area contributed by atoms with Gasteiger partial charge < -0.3 is 9.30 Å². The molecule has 3 rings (SSSR count). The molecule has 0 aliphatic carbocycles. The van der Waals surface area contributed by atoms with Crippen LogP contribution in [0.5, 0.6) is 0 Å². The van der Waals surface area contributed by atoms with Crippen LogP contribution in [-0.4, -0.2) is 28.3 Å². The monoisotopic (exact) mass is 437 g/mol. The van der Waals surface area contributed by atoms with E-state index in [2.05, 4.69) is 9.97 Å². The molecule has 2 heterocycles. The van der Waals surface area contributed by atoms with Crippen molar-refractivity contribution < 1.29 is 17.9 Å². The standard InChI is InChI=1S/C21H22F3N3O2S/c1-20(2,3)13-7-5-12(6-8-13)15-11-14(21(22,23)24)16-17(25-15)27(9-10-29-4)19(30)26-18(16)28/h5-8,11H,9-10H2,1-4H3,(H,26,28,30). The largest absolute Gasteiger partial charge is 0.417 e. The molecule has 0 spiro atoms. The van der Waals surface area contributed by atoms with E-state index in [0.717, 1.165) is 11.6 Å². The summed E-state index contributed by atoms with van der Waals surface area (Å²) in [5, 5.41) is -0.540. The fraction of sp³-hybridized carbons (Fsp3) is 0.381. The maximum absolute atomic E-state index is 13.9. The number of benzene rings is 1. The molecular formula is C21H22F3N3O2S. The van der Waals surface area contributed by atoms with Gasteiger partial charge in [0.1, 0.15) is 5.65 Å². The minimum atomic E-state index is -4.74. The summed E-state index contributed by atoms with van der Waals surface area (Å²) in [5.74, 6) is 0. The zero-order valence-electron chi connectivity index (χ0n) is 17.1. The third kappa shape index (κ3) is 4.32. The molecule has 1 N–H and O–H groups in total. The second-order valence-corrected chi connectivity index (χ2v) is 8.37. The van der Waals surface area contributed by atoms with Gasteiger partial charge in [-0.2, -0.15) is 13.2 Å². The maximum Gasteiger partial charge on any atom is 0.417 e. The zero-order valence-corrected chi connectivity index (χ0v) is 17.9. The quantitative estimate of drug-likeness (QED) is 0.578. The lowest BCUT2D eigenvalue weighted by atomic mass is 9.86. The first kappa shape index (κ1) is 22.2. The minimum absolute atomic E-state index is 0.00888. The van der Waals surface area contributed by atoms with Crippen molar-refractivity contribution in [2.45, 2.75) is 38.9 Å². The van der Waals surface area contributed by atoms with Crippen molar-refractivity contribution in [3.63, 3.8) is 0 Å². The van der Waals surface area contributed by atoms with Crippen molar-refractivity contribution >= 4 is 23.3 Å². The van der Waals surface area contributed by atoms with E-state index >= 15 is 0 Å². The van der Waals surface area contributed by atoms with Crippen molar-refractivity contribution in [1.29, 1.82) is 0 Å². The molecule has 0 amide bonds. The molecule has 0 saturated carbocycles. The third-order valence-electron chi connectivity index (χ3n) is 4.82. The molecule has 0 atom stereocenters. The Morgan fingerprint density at radius 1 is 1.17 bits per heavy atom. The normalized spacial score (nSPS) is 12.5. The number of hydrogen-bond acceptors (Lipinski definition) is 4. The van der Waals surface area contributed by atoms with Crippen LogP contribution in [-0.2, 0) is 22.9 Å². The molecule has 0 unspecified atom stereocenters. The number of alkyl halides is 3. The van der Waals surface area contributed by atoms with Crippen molar-refractivity contribution in [2.75, 3.05) is 13.7 Å². The number of hydrogen-bond donors (Lipinski definition) is 1. The second kappa shape index (κ2) is 7.96. The first-order valence-corrected chi connectivity index (χ1v) is 9.69. The van der Waals surface area contributed by atoms with Gasteiger partial charge in [-0.15, -0.1) is 0 Å². The molecule has 0 fully saturated rings. The van der Waals surface area contributed by atoms with Crippen LogP contribution < -0.4 is 5.56 Å². The Bertz CT molecular complexity index is 1190. The van der Waals surface area contributed by atoms with Crippen molar-refractivity contribution in [1.82, 2.24) is 14.5 Å². The van der Waals surface area contributed by atoms with Crippen molar-refractivity contribution in [3.8, 4) is 11.3 Å². The number of ether oxygens (including phenoxy) is 1. The fourth-order valence-corrected chi connectivity index (χ4v) is 3.45. The smallest absolute Gasteiger partial charge is 0.383 e. The number of H-pyrrole nitrogens is 1. The number of rotatable bonds is 4. The highest BCUT2D eigenvalue weighted by atomic mass is 32.1. The predicted octanol–water partition coefficient (Wildman–Crippen LogP) is 5.08. The number of nitrogens with zero attached hydrogens (tertiary/aromatic N) is 2. The SMILES string of the molecule is COCCn1c(=S)[nH]c(=O)c2c(C(F)(F)F)cc(-c3ccc(C(C)(C)C)cc3)nc21. The Hall–Kier alpha value is -2.52. The summed E-state index contributed by atoms with van der Waals surface area (Å²) >= 11 is 5.17. The molecule has 30 heavy (non-hydrogen) atoms. The van der Waals surface area contributed by atoms with Crippen LogP contribution >= 0.6 is 12.2 Å². The van der Waals surface area contributed by atoms with Gasteiger partial charge in [-0.1, -0.05) is 45.0 Å². The summed E-state index contributed by atoms with van der Waals surface area (Å²) < 4.78 is 48.0. The molecule has 2 aromatic heterocycles. The lowest BCUT2D eigenvalue weighted by Gasteiger charge is -2.19. The molecule has 160 valence electrons.